The van der Waals surface area contributed by atoms with Gasteiger partial charge in [0.15, 0.2) is 5.65 Å². The third kappa shape index (κ3) is 1.75. The van der Waals surface area contributed by atoms with Crippen molar-refractivity contribution in [1.29, 1.82) is 0 Å². The Morgan fingerprint density at radius 2 is 2.35 bits per heavy atom. The van der Waals surface area contributed by atoms with Gasteiger partial charge in [-0.2, -0.15) is 15.1 Å². The number of hydrogen-bond donors (Lipinski definition) is 2. The van der Waals surface area contributed by atoms with E-state index in [-0.39, 0.29) is 12.6 Å². The normalized spacial score (nSPS) is 10.8. The molecule has 0 unspecified atom stereocenters. The molecule has 0 atom stereocenters. The molecule has 3 heterocycles. The fraction of sp³-hybridized carbons (Fsp3) is 0.111. The standard InChI is InChI=1S/C9H8N6O2/c10-7-6-3-11-14-8(6)13-9(12-7)16-4-5-1-2-17-15-5/h1-3H,4H2,(H3,10,11,12,13,14). The van der Waals surface area contributed by atoms with Crippen molar-refractivity contribution in [1.82, 2.24) is 25.3 Å². The van der Waals surface area contributed by atoms with Crippen LogP contribution in [0.25, 0.3) is 11.0 Å². The van der Waals surface area contributed by atoms with Crippen molar-refractivity contribution in [2.24, 2.45) is 0 Å². The highest BCUT2D eigenvalue weighted by atomic mass is 16.5. The molecule has 0 saturated carbocycles. The Bertz CT molecular complexity index is 632. The topological polar surface area (TPSA) is 116 Å². The highest BCUT2D eigenvalue weighted by molar-refractivity contribution is 5.84. The van der Waals surface area contributed by atoms with E-state index in [9.17, 15) is 0 Å². The van der Waals surface area contributed by atoms with Crippen LogP contribution in [0.4, 0.5) is 5.82 Å². The minimum atomic E-state index is 0.169. The van der Waals surface area contributed by atoms with Gasteiger partial charge in [0.05, 0.1) is 11.6 Å². The molecule has 0 aromatic carbocycles. The van der Waals surface area contributed by atoms with Gasteiger partial charge in [-0.3, -0.25) is 5.10 Å². The van der Waals surface area contributed by atoms with E-state index in [4.69, 9.17) is 10.5 Å². The van der Waals surface area contributed by atoms with E-state index in [1.165, 1.54) is 6.26 Å². The molecule has 3 aromatic rings. The first-order valence-electron chi connectivity index (χ1n) is 4.81. The van der Waals surface area contributed by atoms with Crippen LogP contribution in [0.5, 0.6) is 6.01 Å². The van der Waals surface area contributed by atoms with Crippen LogP contribution in [0.1, 0.15) is 5.69 Å². The molecule has 0 amide bonds. The first-order chi connectivity index (χ1) is 8.33. The van der Waals surface area contributed by atoms with Crippen LogP contribution >= 0.6 is 0 Å². The van der Waals surface area contributed by atoms with Gasteiger partial charge in [0.1, 0.15) is 24.4 Å². The molecular formula is C9H8N6O2. The number of hydrogen-bond acceptors (Lipinski definition) is 7. The molecule has 0 aliphatic heterocycles. The van der Waals surface area contributed by atoms with Crippen LogP contribution in [0.15, 0.2) is 23.0 Å². The third-order valence-electron chi connectivity index (χ3n) is 2.16. The lowest BCUT2D eigenvalue weighted by Gasteiger charge is -2.02. The zero-order chi connectivity index (χ0) is 11.7. The first kappa shape index (κ1) is 9.58. The van der Waals surface area contributed by atoms with Crippen molar-refractivity contribution in [3.05, 3.63) is 24.2 Å². The van der Waals surface area contributed by atoms with E-state index in [1.54, 1.807) is 12.3 Å². The van der Waals surface area contributed by atoms with Crippen molar-refractivity contribution < 1.29 is 9.26 Å². The average Bonchev–Trinajstić information content (AvgIpc) is 2.97. The van der Waals surface area contributed by atoms with Crippen molar-refractivity contribution in [3.8, 4) is 6.01 Å². The maximum atomic E-state index is 5.73. The van der Waals surface area contributed by atoms with E-state index < -0.39 is 0 Å². The lowest BCUT2D eigenvalue weighted by molar-refractivity contribution is 0.269. The summed E-state index contributed by atoms with van der Waals surface area (Å²) in [6.07, 6.45) is 3.03. The second-order valence-corrected chi connectivity index (χ2v) is 3.30. The Morgan fingerprint density at radius 3 is 3.18 bits per heavy atom. The number of H-pyrrole nitrogens is 1. The fourth-order valence-corrected chi connectivity index (χ4v) is 1.35. The second-order valence-electron chi connectivity index (χ2n) is 3.30. The number of ether oxygens (including phenoxy) is 1. The Kier molecular flexibility index (Phi) is 2.11. The van der Waals surface area contributed by atoms with Gasteiger partial charge in [-0.25, -0.2) is 0 Å². The number of nitrogens with one attached hydrogen (secondary N) is 1. The van der Waals surface area contributed by atoms with Gasteiger partial charge >= 0.3 is 6.01 Å². The molecule has 17 heavy (non-hydrogen) atoms. The van der Waals surface area contributed by atoms with Gasteiger partial charge in [0.25, 0.3) is 0 Å². The molecule has 3 rings (SSSR count). The summed E-state index contributed by atoms with van der Waals surface area (Å²) in [6.45, 7) is 0.218. The maximum absolute atomic E-state index is 5.73. The average molecular weight is 232 g/mol. The number of nitrogens with zero attached hydrogens (tertiary/aromatic N) is 4. The zero-order valence-electron chi connectivity index (χ0n) is 8.62. The van der Waals surface area contributed by atoms with Crippen molar-refractivity contribution in [2.75, 3.05) is 5.73 Å². The summed E-state index contributed by atoms with van der Waals surface area (Å²) in [7, 11) is 0. The Morgan fingerprint density at radius 1 is 1.41 bits per heavy atom. The van der Waals surface area contributed by atoms with Crippen LogP contribution in [0.3, 0.4) is 0 Å². The Hall–Kier alpha value is -2.64. The molecule has 3 aromatic heterocycles. The summed E-state index contributed by atoms with van der Waals surface area (Å²) in [5, 5.41) is 10.9. The minimum absolute atomic E-state index is 0.169. The van der Waals surface area contributed by atoms with E-state index in [1.807, 2.05) is 0 Å². The molecule has 86 valence electrons. The number of aromatic nitrogens is 5. The number of nitrogen functional groups attached to an aromatic ring is 1. The van der Waals surface area contributed by atoms with E-state index in [2.05, 4.69) is 29.8 Å². The molecule has 0 aliphatic rings. The van der Waals surface area contributed by atoms with Crippen molar-refractivity contribution in [2.45, 2.75) is 6.61 Å². The van der Waals surface area contributed by atoms with Gasteiger partial charge < -0.3 is 15.0 Å². The van der Waals surface area contributed by atoms with Crippen LogP contribution in [0, 0.1) is 0 Å². The summed E-state index contributed by atoms with van der Waals surface area (Å²) in [5.41, 5.74) is 6.91. The smallest absolute Gasteiger partial charge is 0.320 e. The first-order valence-corrected chi connectivity index (χ1v) is 4.81. The monoisotopic (exact) mass is 232 g/mol. The minimum Gasteiger partial charge on any atom is -0.457 e. The van der Waals surface area contributed by atoms with Gasteiger partial charge in [0, 0.05) is 6.07 Å². The molecule has 8 heteroatoms. The molecule has 0 fully saturated rings. The zero-order valence-corrected chi connectivity index (χ0v) is 8.62. The lowest BCUT2D eigenvalue weighted by atomic mass is 10.4. The van der Waals surface area contributed by atoms with Crippen LogP contribution in [-0.2, 0) is 6.61 Å². The molecule has 0 radical (unpaired) electrons. The predicted molar refractivity (Wildman–Crippen MR) is 56.9 cm³/mol. The van der Waals surface area contributed by atoms with Crippen molar-refractivity contribution in [3.63, 3.8) is 0 Å². The van der Waals surface area contributed by atoms with Gasteiger partial charge in [-0.1, -0.05) is 5.16 Å². The van der Waals surface area contributed by atoms with Gasteiger partial charge in [-0.15, -0.1) is 0 Å². The molecule has 0 bridgehead atoms. The third-order valence-corrected chi connectivity index (χ3v) is 2.16. The summed E-state index contributed by atoms with van der Waals surface area (Å²) >= 11 is 0. The van der Waals surface area contributed by atoms with Gasteiger partial charge in [0.2, 0.25) is 0 Å². The summed E-state index contributed by atoms with van der Waals surface area (Å²) in [5.74, 6) is 0.318. The van der Waals surface area contributed by atoms with Gasteiger partial charge in [-0.05, 0) is 0 Å². The predicted octanol–water partition coefficient (Wildman–Crippen LogP) is 0.502. The maximum Gasteiger partial charge on any atom is 0.320 e. The molecule has 0 spiro atoms. The Balaban J connectivity index is 1.85. The summed E-state index contributed by atoms with van der Waals surface area (Å²) in [6, 6.07) is 1.86. The van der Waals surface area contributed by atoms with E-state index >= 15 is 0 Å². The van der Waals surface area contributed by atoms with Crippen molar-refractivity contribution >= 4 is 16.9 Å². The summed E-state index contributed by atoms with van der Waals surface area (Å²) < 4.78 is 10.0. The molecule has 0 saturated heterocycles. The second kappa shape index (κ2) is 3.74. The van der Waals surface area contributed by atoms with Crippen LogP contribution in [-0.4, -0.2) is 25.3 Å². The van der Waals surface area contributed by atoms with E-state index in [0.717, 1.165) is 0 Å². The molecule has 8 nitrogen and oxygen atoms in total. The lowest BCUT2D eigenvalue weighted by Crippen LogP contribution is -2.02. The Labute approximate surface area is 94.8 Å². The highest BCUT2D eigenvalue weighted by Crippen LogP contribution is 2.18. The number of anilines is 1. The number of aromatic amines is 1. The summed E-state index contributed by atoms with van der Waals surface area (Å²) in [4.78, 5) is 8.10. The highest BCUT2D eigenvalue weighted by Gasteiger charge is 2.08. The molecule has 0 aliphatic carbocycles. The quantitative estimate of drug-likeness (QED) is 0.675. The fourth-order valence-electron chi connectivity index (χ4n) is 1.35. The largest absolute Gasteiger partial charge is 0.457 e. The molecular weight excluding hydrogens is 224 g/mol. The SMILES string of the molecule is Nc1nc(OCc2ccon2)nc2[nH]ncc12. The van der Waals surface area contributed by atoms with Crippen LogP contribution in [0.2, 0.25) is 0 Å². The van der Waals surface area contributed by atoms with Crippen LogP contribution < -0.4 is 10.5 Å². The van der Waals surface area contributed by atoms with E-state index in [0.29, 0.717) is 22.5 Å². The number of rotatable bonds is 3. The number of nitrogens with two attached hydrogens (primary N) is 1. The molecule has 3 N–H and O–H groups in total. The number of fused-ring (bicyclic) bond motifs is 1.